The van der Waals surface area contributed by atoms with E-state index in [0.29, 0.717) is 23.0 Å². The van der Waals surface area contributed by atoms with Crippen LogP contribution in [0, 0.1) is 0 Å². The van der Waals surface area contributed by atoms with Crippen LogP contribution in [0.25, 0.3) is 21.0 Å². The number of aromatic nitrogens is 1. The van der Waals surface area contributed by atoms with Gasteiger partial charge >= 0.3 is 0 Å². The monoisotopic (exact) mass is 407 g/mol. The van der Waals surface area contributed by atoms with E-state index in [-0.39, 0.29) is 11.8 Å². The standard InChI is InChI=1S/C21H17N3O2S2/c25-19(15-7-3-11-24(15)20(26)17-8-4-12-27-17)23-21-22-18-14-6-2-1-5-13(14)9-10-16(18)28-21/h1-2,4-6,8-10,12,15H,3,7,11H2,(H,22,23,25). The Hall–Kier alpha value is -2.77. The van der Waals surface area contributed by atoms with Crippen LogP contribution in [-0.4, -0.2) is 34.3 Å². The summed E-state index contributed by atoms with van der Waals surface area (Å²) in [4.78, 5) is 32.6. The minimum Gasteiger partial charge on any atom is -0.326 e. The molecule has 1 aliphatic heterocycles. The van der Waals surface area contributed by atoms with E-state index in [0.717, 1.165) is 27.4 Å². The number of nitrogens with one attached hydrogen (secondary N) is 1. The van der Waals surface area contributed by atoms with Gasteiger partial charge in [-0.2, -0.15) is 0 Å². The quantitative estimate of drug-likeness (QED) is 0.533. The van der Waals surface area contributed by atoms with Crippen LogP contribution in [0.15, 0.2) is 53.9 Å². The van der Waals surface area contributed by atoms with Crippen LogP contribution >= 0.6 is 22.7 Å². The molecular formula is C21H17N3O2S2. The van der Waals surface area contributed by atoms with Crippen molar-refractivity contribution in [3.05, 3.63) is 58.8 Å². The third-order valence-electron chi connectivity index (χ3n) is 5.06. The van der Waals surface area contributed by atoms with E-state index in [2.05, 4.69) is 22.4 Å². The fourth-order valence-electron chi connectivity index (χ4n) is 3.73. The number of likely N-dealkylation sites (tertiary alicyclic amines) is 1. The summed E-state index contributed by atoms with van der Waals surface area (Å²) in [5.41, 5.74) is 0.899. The largest absolute Gasteiger partial charge is 0.326 e. The lowest BCUT2D eigenvalue weighted by Gasteiger charge is -2.22. The van der Waals surface area contributed by atoms with E-state index in [1.807, 2.05) is 35.7 Å². The van der Waals surface area contributed by atoms with Crippen molar-refractivity contribution in [1.82, 2.24) is 9.88 Å². The molecule has 0 spiro atoms. The molecule has 0 saturated carbocycles. The maximum Gasteiger partial charge on any atom is 0.264 e. The molecule has 28 heavy (non-hydrogen) atoms. The molecule has 1 saturated heterocycles. The van der Waals surface area contributed by atoms with Crippen LogP contribution in [0.4, 0.5) is 5.13 Å². The van der Waals surface area contributed by atoms with Gasteiger partial charge in [0.2, 0.25) is 5.91 Å². The highest BCUT2D eigenvalue weighted by Crippen LogP contribution is 2.32. The first-order valence-corrected chi connectivity index (χ1v) is 10.8. The topological polar surface area (TPSA) is 62.3 Å². The number of nitrogens with zero attached hydrogens (tertiary/aromatic N) is 2. The molecular weight excluding hydrogens is 390 g/mol. The first kappa shape index (κ1) is 17.3. The fraction of sp³-hybridized carbons (Fsp3) is 0.190. The number of benzene rings is 2. The Balaban J connectivity index is 1.40. The minimum atomic E-state index is -0.446. The van der Waals surface area contributed by atoms with Crippen molar-refractivity contribution < 1.29 is 9.59 Å². The number of fused-ring (bicyclic) bond motifs is 3. The maximum atomic E-state index is 12.9. The highest BCUT2D eigenvalue weighted by Gasteiger charge is 2.35. The second kappa shape index (κ2) is 7.00. The lowest BCUT2D eigenvalue weighted by molar-refractivity contribution is -0.119. The predicted octanol–water partition coefficient (Wildman–Crippen LogP) is 4.75. The Bertz CT molecular complexity index is 1180. The van der Waals surface area contributed by atoms with Crippen molar-refractivity contribution in [2.24, 2.45) is 0 Å². The van der Waals surface area contributed by atoms with E-state index >= 15 is 0 Å². The van der Waals surface area contributed by atoms with E-state index in [4.69, 9.17) is 0 Å². The number of hydrogen-bond donors (Lipinski definition) is 1. The Morgan fingerprint density at radius 1 is 1.11 bits per heavy atom. The van der Waals surface area contributed by atoms with Crippen LogP contribution < -0.4 is 5.32 Å². The number of anilines is 1. The van der Waals surface area contributed by atoms with Crippen LogP contribution in [-0.2, 0) is 4.79 Å². The molecule has 2 aromatic heterocycles. The Kier molecular flexibility index (Phi) is 4.33. The molecule has 7 heteroatoms. The van der Waals surface area contributed by atoms with Crippen molar-refractivity contribution in [2.45, 2.75) is 18.9 Å². The van der Waals surface area contributed by atoms with Crippen molar-refractivity contribution in [3.63, 3.8) is 0 Å². The summed E-state index contributed by atoms with van der Waals surface area (Å²) in [5.74, 6) is -0.228. The van der Waals surface area contributed by atoms with Crippen LogP contribution in [0.2, 0.25) is 0 Å². The third-order valence-corrected chi connectivity index (χ3v) is 6.86. The van der Waals surface area contributed by atoms with E-state index in [1.165, 1.54) is 22.7 Å². The summed E-state index contributed by atoms with van der Waals surface area (Å²) >= 11 is 2.87. The number of hydrogen-bond acceptors (Lipinski definition) is 5. The average molecular weight is 408 g/mol. The lowest BCUT2D eigenvalue weighted by atomic mass is 10.1. The summed E-state index contributed by atoms with van der Waals surface area (Å²) in [6.45, 7) is 0.610. The number of carbonyl (C=O) groups is 2. The molecule has 1 aliphatic rings. The molecule has 1 atom stereocenters. The second-order valence-electron chi connectivity index (χ2n) is 6.78. The molecule has 1 N–H and O–H groups in total. The average Bonchev–Trinajstić information content (AvgIpc) is 3.47. The molecule has 0 bridgehead atoms. The molecule has 1 unspecified atom stereocenters. The molecule has 5 rings (SSSR count). The summed E-state index contributed by atoms with van der Waals surface area (Å²) in [5, 5.41) is 7.60. The summed E-state index contributed by atoms with van der Waals surface area (Å²) < 4.78 is 1.03. The fourth-order valence-corrected chi connectivity index (χ4v) is 5.29. The number of amides is 2. The number of thiazole rings is 1. The second-order valence-corrected chi connectivity index (χ2v) is 8.75. The van der Waals surface area contributed by atoms with Crippen molar-refractivity contribution in [1.29, 1.82) is 0 Å². The molecule has 5 nitrogen and oxygen atoms in total. The summed E-state index contributed by atoms with van der Waals surface area (Å²) in [6.07, 6.45) is 1.51. The van der Waals surface area contributed by atoms with Crippen molar-refractivity contribution in [3.8, 4) is 0 Å². The van der Waals surface area contributed by atoms with Gasteiger partial charge in [-0.05, 0) is 35.7 Å². The number of carbonyl (C=O) groups excluding carboxylic acids is 2. The van der Waals surface area contributed by atoms with Gasteiger partial charge in [0, 0.05) is 11.9 Å². The van der Waals surface area contributed by atoms with Gasteiger partial charge < -0.3 is 10.2 Å². The molecule has 2 aromatic carbocycles. The van der Waals surface area contributed by atoms with Gasteiger partial charge in [0.15, 0.2) is 5.13 Å². The molecule has 2 amide bonds. The SMILES string of the molecule is O=C(Nc1nc2c(ccc3ccccc32)s1)C1CCCN1C(=O)c1cccs1. The van der Waals surface area contributed by atoms with E-state index in [1.54, 1.807) is 11.0 Å². The van der Waals surface area contributed by atoms with Gasteiger partial charge in [0.05, 0.1) is 15.1 Å². The first-order chi connectivity index (χ1) is 13.7. The Morgan fingerprint density at radius 2 is 2.00 bits per heavy atom. The van der Waals surface area contributed by atoms with Crippen LogP contribution in [0.5, 0.6) is 0 Å². The zero-order valence-electron chi connectivity index (χ0n) is 14.9. The van der Waals surface area contributed by atoms with Gasteiger partial charge in [-0.1, -0.05) is 47.7 Å². The van der Waals surface area contributed by atoms with Gasteiger partial charge in [-0.15, -0.1) is 11.3 Å². The molecule has 0 radical (unpaired) electrons. The van der Waals surface area contributed by atoms with Crippen LogP contribution in [0.1, 0.15) is 22.5 Å². The molecule has 4 aromatic rings. The predicted molar refractivity (Wildman–Crippen MR) is 114 cm³/mol. The molecule has 3 heterocycles. The van der Waals surface area contributed by atoms with E-state index in [9.17, 15) is 9.59 Å². The zero-order valence-corrected chi connectivity index (χ0v) is 16.6. The van der Waals surface area contributed by atoms with Gasteiger partial charge in [-0.3, -0.25) is 9.59 Å². The number of thiophene rings is 1. The summed E-state index contributed by atoms with van der Waals surface area (Å²) in [7, 11) is 0. The maximum absolute atomic E-state index is 12.9. The molecule has 1 fully saturated rings. The summed E-state index contributed by atoms with van der Waals surface area (Å²) in [6, 6.07) is 15.4. The minimum absolute atomic E-state index is 0.0667. The molecule has 140 valence electrons. The Morgan fingerprint density at radius 3 is 2.86 bits per heavy atom. The van der Waals surface area contributed by atoms with Gasteiger partial charge in [-0.25, -0.2) is 4.98 Å². The van der Waals surface area contributed by atoms with Gasteiger partial charge in [0.25, 0.3) is 5.91 Å². The van der Waals surface area contributed by atoms with Crippen molar-refractivity contribution in [2.75, 3.05) is 11.9 Å². The Labute approximate surface area is 169 Å². The number of rotatable bonds is 3. The zero-order chi connectivity index (χ0) is 19.1. The van der Waals surface area contributed by atoms with Crippen molar-refractivity contribution >= 4 is 60.6 Å². The molecule has 0 aliphatic carbocycles. The normalized spacial score (nSPS) is 16.7. The highest BCUT2D eigenvalue weighted by molar-refractivity contribution is 7.22. The third kappa shape index (κ3) is 2.96. The first-order valence-electron chi connectivity index (χ1n) is 9.14. The lowest BCUT2D eigenvalue weighted by Crippen LogP contribution is -2.42. The van der Waals surface area contributed by atoms with E-state index < -0.39 is 6.04 Å². The van der Waals surface area contributed by atoms with Gasteiger partial charge in [0.1, 0.15) is 6.04 Å². The smallest absolute Gasteiger partial charge is 0.264 e. The highest BCUT2D eigenvalue weighted by atomic mass is 32.1. The van der Waals surface area contributed by atoms with Crippen LogP contribution in [0.3, 0.4) is 0 Å².